The van der Waals surface area contributed by atoms with E-state index in [-0.39, 0.29) is 11.8 Å². The molecule has 1 aromatic carbocycles. The zero-order valence-corrected chi connectivity index (χ0v) is 16.3. The van der Waals surface area contributed by atoms with Gasteiger partial charge in [-0.05, 0) is 57.7 Å². The van der Waals surface area contributed by atoms with Crippen LogP contribution in [0.25, 0.3) is 0 Å². The highest BCUT2D eigenvalue weighted by Crippen LogP contribution is 2.33. The molecule has 3 atom stereocenters. The Labute approximate surface area is 159 Å². The molecule has 0 spiro atoms. The fourth-order valence-corrected chi connectivity index (χ4v) is 5.50. The molecule has 0 unspecified atom stereocenters. The predicted octanol–water partition coefficient (Wildman–Crippen LogP) is 3.21. The number of fused-ring (bicyclic) bond motifs is 1. The van der Waals surface area contributed by atoms with E-state index in [1.807, 2.05) is 23.1 Å². The van der Waals surface area contributed by atoms with Crippen molar-refractivity contribution in [1.82, 2.24) is 9.80 Å². The summed E-state index contributed by atoms with van der Waals surface area (Å²) in [5, 5.41) is 2.88. The van der Waals surface area contributed by atoms with Crippen molar-refractivity contribution in [2.24, 2.45) is 0 Å². The van der Waals surface area contributed by atoms with Crippen LogP contribution in [0.3, 0.4) is 0 Å². The predicted molar refractivity (Wildman–Crippen MR) is 105 cm³/mol. The second kappa shape index (κ2) is 7.24. The average Bonchev–Trinajstić information content (AvgIpc) is 2.99. The Kier molecular flexibility index (Phi) is 4.97. The van der Waals surface area contributed by atoms with Crippen LogP contribution in [0.4, 0.5) is 5.69 Å². The van der Waals surface area contributed by atoms with E-state index in [1.165, 1.54) is 31.0 Å². The molecule has 5 nitrogen and oxygen atoms in total. The SMILES string of the molecule is C[C@@H]1CC[C@@H](C)N1[C@@H]1CCCN(C(=O)c2ccc3c(c2)NC(=O)CS3)C1. The van der Waals surface area contributed by atoms with Crippen molar-refractivity contribution in [3.8, 4) is 0 Å². The van der Waals surface area contributed by atoms with E-state index in [4.69, 9.17) is 0 Å². The third-order valence-electron chi connectivity index (χ3n) is 5.98. The van der Waals surface area contributed by atoms with E-state index in [0.29, 0.717) is 29.4 Å². The molecule has 1 aromatic rings. The highest BCUT2D eigenvalue weighted by molar-refractivity contribution is 8.00. The van der Waals surface area contributed by atoms with Crippen LogP contribution in [-0.2, 0) is 4.79 Å². The Hall–Kier alpha value is -1.53. The van der Waals surface area contributed by atoms with Gasteiger partial charge in [-0.3, -0.25) is 14.5 Å². The molecule has 3 aliphatic heterocycles. The summed E-state index contributed by atoms with van der Waals surface area (Å²) in [6.45, 7) is 6.26. The maximum Gasteiger partial charge on any atom is 0.253 e. The summed E-state index contributed by atoms with van der Waals surface area (Å²) in [6, 6.07) is 7.39. The summed E-state index contributed by atoms with van der Waals surface area (Å²) in [5.74, 6) is 0.532. The van der Waals surface area contributed by atoms with E-state index < -0.39 is 0 Å². The topological polar surface area (TPSA) is 52.6 Å². The number of nitrogens with zero attached hydrogens (tertiary/aromatic N) is 2. The van der Waals surface area contributed by atoms with E-state index in [0.717, 1.165) is 30.1 Å². The quantitative estimate of drug-likeness (QED) is 0.865. The van der Waals surface area contributed by atoms with Crippen LogP contribution in [0.5, 0.6) is 0 Å². The number of anilines is 1. The first-order valence-electron chi connectivity index (χ1n) is 9.66. The van der Waals surface area contributed by atoms with E-state index >= 15 is 0 Å². The molecule has 3 heterocycles. The van der Waals surface area contributed by atoms with Gasteiger partial charge in [0.1, 0.15) is 0 Å². The van der Waals surface area contributed by atoms with E-state index in [1.54, 1.807) is 0 Å². The lowest BCUT2D eigenvalue weighted by Gasteiger charge is -2.41. The van der Waals surface area contributed by atoms with E-state index in [9.17, 15) is 9.59 Å². The molecule has 2 amide bonds. The van der Waals surface area contributed by atoms with Crippen molar-refractivity contribution in [3.63, 3.8) is 0 Å². The molecule has 0 aromatic heterocycles. The Morgan fingerprint density at radius 1 is 1.19 bits per heavy atom. The second-order valence-electron chi connectivity index (χ2n) is 7.82. The molecule has 0 radical (unpaired) electrons. The van der Waals surface area contributed by atoms with Gasteiger partial charge in [-0.25, -0.2) is 0 Å². The van der Waals surface area contributed by atoms with Gasteiger partial charge in [0, 0.05) is 41.7 Å². The lowest BCUT2D eigenvalue weighted by Crippen LogP contribution is -2.52. The highest BCUT2D eigenvalue weighted by atomic mass is 32.2. The van der Waals surface area contributed by atoms with Gasteiger partial charge in [0.05, 0.1) is 11.4 Å². The largest absolute Gasteiger partial charge is 0.337 e. The molecular formula is C20H27N3O2S. The minimum absolute atomic E-state index is 0.00199. The molecule has 3 aliphatic rings. The number of benzene rings is 1. The Morgan fingerprint density at radius 2 is 1.96 bits per heavy atom. The first kappa shape index (κ1) is 17.9. The van der Waals surface area contributed by atoms with Gasteiger partial charge in [0.25, 0.3) is 5.91 Å². The molecular weight excluding hydrogens is 346 g/mol. The highest BCUT2D eigenvalue weighted by Gasteiger charge is 2.36. The van der Waals surface area contributed by atoms with Crippen LogP contribution in [0.15, 0.2) is 23.1 Å². The van der Waals surface area contributed by atoms with Gasteiger partial charge in [0.2, 0.25) is 5.91 Å². The van der Waals surface area contributed by atoms with Crippen LogP contribution in [-0.4, -0.2) is 58.6 Å². The fraction of sp³-hybridized carbons (Fsp3) is 0.600. The van der Waals surface area contributed by atoms with Crippen LogP contribution >= 0.6 is 11.8 Å². The number of hydrogen-bond donors (Lipinski definition) is 1. The van der Waals surface area contributed by atoms with Crippen molar-refractivity contribution in [3.05, 3.63) is 23.8 Å². The number of nitrogens with one attached hydrogen (secondary N) is 1. The number of rotatable bonds is 2. The minimum Gasteiger partial charge on any atom is -0.337 e. The van der Waals surface area contributed by atoms with Gasteiger partial charge in [-0.2, -0.15) is 0 Å². The van der Waals surface area contributed by atoms with Gasteiger partial charge in [-0.1, -0.05) is 0 Å². The number of hydrogen-bond acceptors (Lipinski definition) is 4. The average molecular weight is 374 g/mol. The maximum atomic E-state index is 13.1. The molecule has 6 heteroatoms. The van der Waals surface area contributed by atoms with E-state index in [2.05, 4.69) is 24.1 Å². The minimum atomic E-state index is 0.00199. The van der Waals surface area contributed by atoms with Crippen LogP contribution in [0.2, 0.25) is 0 Å². The summed E-state index contributed by atoms with van der Waals surface area (Å²) in [4.78, 5) is 30.4. The Bertz CT molecular complexity index is 713. The number of thioether (sulfide) groups is 1. The normalized spacial score (nSPS) is 29.4. The standard InChI is InChI=1S/C20H27N3O2S/c1-13-5-6-14(2)23(13)16-4-3-9-22(11-16)20(25)15-7-8-18-17(10-15)21-19(24)12-26-18/h7-8,10,13-14,16H,3-6,9,11-12H2,1-2H3,(H,21,24)/t13-,14-,16-/m1/s1. The van der Waals surface area contributed by atoms with Crippen LogP contribution in [0, 0.1) is 0 Å². The lowest BCUT2D eigenvalue weighted by atomic mass is 10.0. The van der Waals surface area contributed by atoms with Gasteiger partial charge < -0.3 is 10.2 Å². The molecule has 1 N–H and O–H groups in total. The third-order valence-corrected chi connectivity index (χ3v) is 7.06. The molecule has 0 saturated carbocycles. The van der Waals surface area contributed by atoms with Crippen molar-refractivity contribution >= 4 is 29.3 Å². The summed E-state index contributed by atoms with van der Waals surface area (Å²) in [5.41, 5.74) is 1.45. The summed E-state index contributed by atoms with van der Waals surface area (Å²) >= 11 is 1.53. The number of amides is 2. The zero-order valence-electron chi connectivity index (χ0n) is 15.5. The van der Waals surface area contributed by atoms with Crippen LogP contribution < -0.4 is 5.32 Å². The third kappa shape index (κ3) is 3.37. The lowest BCUT2D eigenvalue weighted by molar-refractivity contribution is -0.113. The number of piperidine rings is 1. The number of likely N-dealkylation sites (tertiary alicyclic amines) is 2. The molecule has 140 valence electrons. The van der Waals surface area contributed by atoms with Crippen LogP contribution in [0.1, 0.15) is 49.9 Å². The Balaban J connectivity index is 1.49. The maximum absolute atomic E-state index is 13.1. The van der Waals surface area contributed by atoms with Crippen molar-refractivity contribution in [2.75, 3.05) is 24.2 Å². The number of carbonyl (C=O) groups is 2. The zero-order chi connectivity index (χ0) is 18.3. The Morgan fingerprint density at radius 3 is 2.73 bits per heavy atom. The molecule has 2 fully saturated rings. The summed E-state index contributed by atoms with van der Waals surface area (Å²) in [7, 11) is 0. The summed E-state index contributed by atoms with van der Waals surface area (Å²) < 4.78 is 0. The smallest absolute Gasteiger partial charge is 0.253 e. The molecule has 0 bridgehead atoms. The first-order chi connectivity index (χ1) is 12.5. The number of carbonyl (C=O) groups excluding carboxylic acids is 2. The summed E-state index contributed by atoms with van der Waals surface area (Å²) in [6.07, 6.45) is 4.75. The van der Waals surface area contributed by atoms with Crippen molar-refractivity contribution in [1.29, 1.82) is 0 Å². The first-order valence-corrected chi connectivity index (χ1v) is 10.6. The molecule has 4 rings (SSSR count). The second-order valence-corrected chi connectivity index (χ2v) is 8.83. The molecule has 0 aliphatic carbocycles. The van der Waals surface area contributed by atoms with Crippen molar-refractivity contribution in [2.45, 2.75) is 62.6 Å². The molecule has 26 heavy (non-hydrogen) atoms. The van der Waals surface area contributed by atoms with Gasteiger partial charge in [-0.15, -0.1) is 11.8 Å². The van der Waals surface area contributed by atoms with Gasteiger partial charge in [0.15, 0.2) is 0 Å². The van der Waals surface area contributed by atoms with Gasteiger partial charge >= 0.3 is 0 Å². The monoisotopic (exact) mass is 373 g/mol. The molecule has 2 saturated heterocycles. The fourth-order valence-electron chi connectivity index (χ4n) is 4.72. The van der Waals surface area contributed by atoms with Crippen molar-refractivity contribution < 1.29 is 9.59 Å².